The molecule has 0 fully saturated rings. The van der Waals surface area contributed by atoms with E-state index in [2.05, 4.69) is 10.5 Å². The van der Waals surface area contributed by atoms with E-state index >= 15 is 0 Å². The Kier molecular flexibility index (Phi) is 5.97. The highest BCUT2D eigenvalue weighted by molar-refractivity contribution is 5.83. The Labute approximate surface area is 175 Å². The summed E-state index contributed by atoms with van der Waals surface area (Å²) in [6, 6.07) is 13.2. The van der Waals surface area contributed by atoms with Gasteiger partial charge in [0, 0.05) is 18.0 Å². The van der Waals surface area contributed by atoms with Gasteiger partial charge in [0.2, 0.25) is 0 Å². The van der Waals surface area contributed by atoms with Crippen LogP contribution in [0.5, 0.6) is 5.75 Å². The maximum atomic E-state index is 12.9. The number of aromatic nitrogens is 1. The summed E-state index contributed by atoms with van der Waals surface area (Å²) in [6.07, 6.45) is -2.97. The van der Waals surface area contributed by atoms with Crippen molar-refractivity contribution in [1.82, 2.24) is 10.5 Å². The number of halogens is 3. The molecule has 4 aromatic rings. The van der Waals surface area contributed by atoms with Gasteiger partial charge in [-0.15, -0.1) is 0 Å². The topological polar surface area (TPSA) is 80.7 Å². The maximum absolute atomic E-state index is 12.9. The number of benzene rings is 2. The summed E-state index contributed by atoms with van der Waals surface area (Å²) in [5.41, 5.74) is 0.873. The lowest BCUT2D eigenvalue weighted by molar-refractivity contribution is -0.137. The Morgan fingerprint density at radius 2 is 1.97 bits per heavy atom. The summed E-state index contributed by atoms with van der Waals surface area (Å²) in [5.74, 6) is 1.19. The minimum atomic E-state index is -4.43. The van der Waals surface area contributed by atoms with Crippen molar-refractivity contribution in [1.29, 1.82) is 0 Å². The van der Waals surface area contributed by atoms with Crippen molar-refractivity contribution in [2.75, 3.05) is 19.8 Å². The minimum absolute atomic E-state index is 0.259. The number of aliphatic hydroxyl groups is 1. The first-order valence-electron chi connectivity index (χ1n) is 9.52. The van der Waals surface area contributed by atoms with Gasteiger partial charge in [-0.3, -0.25) is 0 Å². The fourth-order valence-electron chi connectivity index (χ4n) is 3.20. The third kappa shape index (κ3) is 4.89. The van der Waals surface area contributed by atoms with Gasteiger partial charge in [0.05, 0.1) is 18.2 Å². The van der Waals surface area contributed by atoms with Gasteiger partial charge < -0.3 is 24.1 Å². The molecule has 0 aliphatic heterocycles. The predicted molar refractivity (Wildman–Crippen MR) is 106 cm³/mol. The lowest BCUT2D eigenvalue weighted by atomic mass is 10.0. The monoisotopic (exact) mass is 432 g/mol. The number of rotatable bonds is 8. The molecule has 0 saturated heterocycles. The van der Waals surface area contributed by atoms with Crippen LogP contribution in [0.3, 0.4) is 0 Å². The van der Waals surface area contributed by atoms with Crippen LogP contribution >= 0.6 is 0 Å². The summed E-state index contributed by atoms with van der Waals surface area (Å²) in [7, 11) is 0. The Bertz CT molecular complexity index is 1140. The van der Waals surface area contributed by atoms with Crippen LogP contribution in [0, 0.1) is 0 Å². The van der Waals surface area contributed by atoms with Gasteiger partial charge in [-0.25, -0.2) is 0 Å². The average Bonchev–Trinajstić information content (AvgIpc) is 3.42. The first-order chi connectivity index (χ1) is 14.9. The maximum Gasteiger partial charge on any atom is 0.416 e. The molecule has 0 aliphatic carbocycles. The normalized spacial score (nSPS) is 12.9. The number of hydrogen-bond donors (Lipinski definition) is 2. The van der Waals surface area contributed by atoms with Crippen LogP contribution < -0.4 is 10.1 Å². The summed E-state index contributed by atoms with van der Waals surface area (Å²) in [5, 5.41) is 17.3. The molecule has 0 unspecified atom stereocenters. The molecular formula is C22H19F3N2O4. The molecule has 0 bridgehead atoms. The van der Waals surface area contributed by atoms with E-state index in [4.69, 9.17) is 13.7 Å². The Balaban J connectivity index is 1.35. The molecule has 0 amide bonds. The summed E-state index contributed by atoms with van der Waals surface area (Å²) in [6.45, 7) is 0.247. The molecule has 9 heteroatoms. The highest BCUT2D eigenvalue weighted by atomic mass is 19.4. The molecule has 1 atom stereocenters. The van der Waals surface area contributed by atoms with E-state index in [0.29, 0.717) is 34.9 Å². The highest BCUT2D eigenvalue weighted by Gasteiger charge is 2.30. The predicted octanol–water partition coefficient (Wildman–Crippen LogP) is 4.81. The summed E-state index contributed by atoms with van der Waals surface area (Å²) in [4.78, 5) is 0. The molecule has 2 aromatic heterocycles. The van der Waals surface area contributed by atoms with Gasteiger partial charge in [0.1, 0.15) is 29.9 Å². The van der Waals surface area contributed by atoms with E-state index in [-0.39, 0.29) is 13.2 Å². The standard InChI is InChI=1S/C22H19F3N2O4/c23-22(24,25)16-3-1-2-14(10-16)19(13-28)26-7-9-29-17-4-5-20-15(11-17)12-21(31-20)18-6-8-30-27-18/h1-6,8,10-12,19,26,28H,7,9,13H2/t19-/m0/s1. The van der Waals surface area contributed by atoms with Crippen molar-refractivity contribution in [3.63, 3.8) is 0 Å². The molecule has 4 rings (SSSR count). The fraction of sp³-hybridized carbons (Fsp3) is 0.227. The van der Waals surface area contributed by atoms with Gasteiger partial charge in [0.15, 0.2) is 5.76 Å². The quantitative estimate of drug-likeness (QED) is 0.389. The van der Waals surface area contributed by atoms with Crippen LogP contribution in [0.4, 0.5) is 13.2 Å². The van der Waals surface area contributed by atoms with Crippen molar-refractivity contribution in [2.45, 2.75) is 12.2 Å². The molecule has 0 radical (unpaired) electrons. The molecule has 0 aliphatic rings. The molecule has 6 nitrogen and oxygen atoms in total. The van der Waals surface area contributed by atoms with E-state index in [0.717, 1.165) is 17.5 Å². The fourth-order valence-corrected chi connectivity index (χ4v) is 3.20. The van der Waals surface area contributed by atoms with Crippen LogP contribution in [0.25, 0.3) is 22.4 Å². The van der Waals surface area contributed by atoms with Crippen molar-refractivity contribution in [3.05, 3.63) is 72.0 Å². The number of fused-ring (bicyclic) bond motifs is 1. The van der Waals surface area contributed by atoms with Crippen LogP contribution in [0.2, 0.25) is 0 Å². The Hall–Kier alpha value is -3.30. The van der Waals surface area contributed by atoms with Gasteiger partial charge in [0.25, 0.3) is 0 Å². The molecule has 0 saturated carbocycles. The van der Waals surface area contributed by atoms with E-state index in [1.807, 2.05) is 12.1 Å². The Morgan fingerprint density at radius 3 is 2.71 bits per heavy atom. The molecule has 162 valence electrons. The van der Waals surface area contributed by atoms with Crippen LogP contribution in [-0.2, 0) is 6.18 Å². The molecule has 31 heavy (non-hydrogen) atoms. The number of furan rings is 1. The largest absolute Gasteiger partial charge is 0.492 e. The van der Waals surface area contributed by atoms with Gasteiger partial charge in [-0.05, 0) is 42.0 Å². The third-order valence-electron chi connectivity index (χ3n) is 4.74. The second kappa shape index (κ2) is 8.83. The molecular weight excluding hydrogens is 413 g/mol. The van der Waals surface area contributed by atoms with E-state index in [1.54, 1.807) is 24.3 Å². The highest BCUT2D eigenvalue weighted by Crippen LogP contribution is 2.31. The SMILES string of the molecule is OC[C@H](NCCOc1ccc2oc(-c3ccon3)cc2c1)c1cccc(C(F)(F)F)c1. The first-order valence-corrected chi connectivity index (χ1v) is 9.52. The lowest BCUT2D eigenvalue weighted by Gasteiger charge is -2.18. The summed E-state index contributed by atoms with van der Waals surface area (Å²) < 4.78 is 55.0. The summed E-state index contributed by atoms with van der Waals surface area (Å²) >= 11 is 0. The number of ether oxygens (including phenoxy) is 1. The first kappa shape index (κ1) is 21.0. The molecule has 2 heterocycles. The number of aliphatic hydroxyl groups excluding tert-OH is 1. The van der Waals surface area contributed by atoms with Crippen LogP contribution in [0.15, 0.2) is 69.8 Å². The lowest BCUT2D eigenvalue weighted by Crippen LogP contribution is -2.28. The van der Waals surface area contributed by atoms with E-state index in [1.165, 1.54) is 12.3 Å². The third-order valence-corrected chi connectivity index (χ3v) is 4.74. The van der Waals surface area contributed by atoms with Gasteiger partial charge in [-0.2, -0.15) is 13.2 Å². The van der Waals surface area contributed by atoms with Gasteiger partial charge >= 0.3 is 6.18 Å². The van der Waals surface area contributed by atoms with E-state index in [9.17, 15) is 18.3 Å². The number of alkyl halides is 3. The second-order valence-corrected chi connectivity index (χ2v) is 6.86. The number of hydrogen-bond acceptors (Lipinski definition) is 6. The molecule has 2 aromatic carbocycles. The van der Waals surface area contributed by atoms with Crippen molar-refractivity contribution in [3.8, 4) is 17.2 Å². The van der Waals surface area contributed by atoms with Crippen molar-refractivity contribution >= 4 is 11.0 Å². The molecule has 0 spiro atoms. The number of nitrogens with zero attached hydrogens (tertiary/aromatic N) is 1. The average molecular weight is 432 g/mol. The van der Waals surface area contributed by atoms with Crippen molar-refractivity contribution in [2.24, 2.45) is 0 Å². The second-order valence-electron chi connectivity index (χ2n) is 6.86. The van der Waals surface area contributed by atoms with Crippen molar-refractivity contribution < 1.29 is 32.0 Å². The number of nitrogens with one attached hydrogen (secondary N) is 1. The Morgan fingerprint density at radius 1 is 1.10 bits per heavy atom. The zero-order chi connectivity index (χ0) is 21.8. The molecule has 2 N–H and O–H groups in total. The van der Waals surface area contributed by atoms with E-state index < -0.39 is 17.8 Å². The zero-order valence-corrected chi connectivity index (χ0v) is 16.2. The van der Waals surface area contributed by atoms with Gasteiger partial charge in [-0.1, -0.05) is 17.3 Å². The van der Waals surface area contributed by atoms with Crippen LogP contribution in [0.1, 0.15) is 17.2 Å². The smallest absolute Gasteiger partial charge is 0.416 e. The minimum Gasteiger partial charge on any atom is -0.492 e. The van der Waals surface area contributed by atoms with Crippen LogP contribution in [-0.4, -0.2) is 30.0 Å². The zero-order valence-electron chi connectivity index (χ0n) is 16.2.